The summed E-state index contributed by atoms with van der Waals surface area (Å²) in [6.07, 6.45) is 0.393. The van der Waals surface area contributed by atoms with Crippen molar-refractivity contribution in [3.8, 4) is 0 Å². The van der Waals surface area contributed by atoms with Crippen molar-refractivity contribution in [2.24, 2.45) is 0 Å². The van der Waals surface area contributed by atoms with Crippen LogP contribution in [0.1, 0.15) is 37.0 Å². The number of carbonyl (C=O) groups is 2. The Labute approximate surface area is 144 Å². The van der Waals surface area contributed by atoms with E-state index in [0.717, 1.165) is 12.0 Å². The lowest BCUT2D eigenvalue weighted by Crippen LogP contribution is -2.54. The lowest BCUT2D eigenvalue weighted by Gasteiger charge is -2.35. The molecule has 1 fully saturated rings. The number of aryl methyl sites for hydroxylation is 2. The number of hydrogen-bond donors (Lipinski definition) is 0. The topological polar surface area (TPSA) is 49.9 Å². The van der Waals surface area contributed by atoms with Gasteiger partial charge in [-0.05, 0) is 32.8 Å². The molecule has 1 heterocycles. The molecule has 5 heteroatoms. The second kappa shape index (κ2) is 8.29. The number of nitrogens with zero attached hydrogens (tertiary/aromatic N) is 2. The van der Waals surface area contributed by atoms with Crippen molar-refractivity contribution in [3.63, 3.8) is 0 Å². The molecule has 0 radical (unpaired) electrons. The molecule has 0 aromatic heterocycles. The summed E-state index contributed by atoms with van der Waals surface area (Å²) in [4.78, 5) is 28.2. The predicted octanol–water partition coefficient (Wildman–Crippen LogP) is 2.29. The van der Waals surface area contributed by atoms with E-state index in [-0.39, 0.29) is 18.4 Å². The summed E-state index contributed by atoms with van der Waals surface area (Å²) in [5, 5.41) is 0. The summed E-state index contributed by atoms with van der Waals surface area (Å²) in [7, 11) is 0. The third kappa shape index (κ3) is 4.81. The van der Waals surface area contributed by atoms with Crippen molar-refractivity contribution in [1.82, 2.24) is 9.80 Å². The van der Waals surface area contributed by atoms with Gasteiger partial charge in [-0.25, -0.2) is 0 Å². The normalized spacial score (nSPS) is 16.4. The molecule has 1 aliphatic heterocycles. The lowest BCUT2D eigenvalue weighted by molar-refractivity contribution is -0.152. The first-order valence-electron chi connectivity index (χ1n) is 8.66. The van der Waals surface area contributed by atoms with Crippen LogP contribution in [-0.2, 0) is 20.9 Å². The van der Waals surface area contributed by atoms with Crippen LogP contribution in [0.15, 0.2) is 18.2 Å². The summed E-state index contributed by atoms with van der Waals surface area (Å²) in [6.45, 7) is 10.3. The Morgan fingerprint density at radius 3 is 2.46 bits per heavy atom. The second-order valence-corrected chi connectivity index (χ2v) is 6.58. The Balaban J connectivity index is 1.93. The van der Waals surface area contributed by atoms with E-state index in [1.54, 1.807) is 11.8 Å². The molecule has 2 rings (SSSR count). The van der Waals surface area contributed by atoms with Crippen LogP contribution >= 0.6 is 0 Å². The number of amides is 2. The van der Waals surface area contributed by atoms with Crippen LogP contribution in [0.3, 0.4) is 0 Å². The molecule has 132 valence electrons. The largest absolute Gasteiger partial charge is 0.369 e. The Bertz CT molecular complexity index is 580. The molecule has 0 saturated carbocycles. The van der Waals surface area contributed by atoms with Crippen molar-refractivity contribution in [1.29, 1.82) is 0 Å². The van der Waals surface area contributed by atoms with E-state index in [0.29, 0.717) is 26.2 Å². The maximum Gasteiger partial charge on any atom is 0.251 e. The van der Waals surface area contributed by atoms with Crippen molar-refractivity contribution >= 4 is 11.8 Å². The SMILES string of the molecule is CCCO[C@@H](C)C(=O)N1CCN(Cc2cc(C)cc(C)c2)C(=O)C1. The van der Waals surface area contributed by atoms with Gasteiger partial charge in [-0.3, -0.25) is 9.59 Å². The molecule has 2 amide bonds. The van der Waals surface area contributed by atoms with E-state index in [1.165, 1.54) is 11.1 Å². The van der Waals surface area contributed by atoms with E-state index >= 15 is 0 Å². The highest BCUT2D eigenvalue weighted by Gasteiger charge is 2.29. The summed E-state index contributed by atoms with van der Waals surface area (Å²) >= 11 is 0. The number of hydrogen-bond acceptors (Lipinski definition) is 3. The van der Waals surface area contributed by atoms with Crippen molar-refractivity contribution in [3.05, 3.63) is 34.9 Å². The first kappa shape index (κ1) is 18.5. The standard InChI is InChI=1S/C19H28N2O3/c1-5-8-24-16(4)19(23)21-7-6-20(18(22)13-21)12-17-10-14(2)9-15(3)11-17/h9-11,16H,5-8,12-13H2,1-4H3/t16-/m0/s1. The number of carbonyl (C=O) groups excluding carboxylic acids is 2. The molecule has 0 bridgehead atoms. The molecule has 0 N–H and O–H groups in total. The fourth-order valence-electron chi connectivity index (χ4n) is 3.07. The zero-order valence-corrected chi connectivity index (χ0v) is 15.2. The van der Waals surface area contributed by atoms with E-state index in [2.05, 4.69) is 32.0 Å². The van der Waals surface area contributed by atoms with E-state index in [1.807, 2.05) is 11.8 Å². The van der Waals surface area contributed by atoms with Gasteiger partial charge in [-0.1, -0.05) is 36.2 Å². The van der Waals surface area contributed by atoms with Crippen LogP contribution < -0.4 is 0 Å². The number of piperazine rings is 1. The number of rotatable bonds is 6. The summed E-state index contributed by atoms with van der Waals surface area (Å²) in [6, 6.07) is 6.34. The monoisotopic (exact) mass is 332 g/mol. The number of ether oxygens (including phenoxy) is 1. The Morgan fingerprint density at radius 1 is 1.21 bits per heavy atom. The predicted molar refractivity (Wildman–Crippen MR) is 93.6 cm³/mol. The van der Waals surface area contributed by atoms with Gasteiger partial charge < -0.3 is 14.5 Å². The fraction of sp³-hybridized carbons (Fsp3) is 0.579. The van der Waals surface area contributed by atoms with Crippen molar-refractivity contribution in [2.45, 2.75) is 46.8 Å². The highest BCUT2D eigenvalue weighted by atomic mass is 16.5. The number of benzene rings is 1. The molecule has 1 atom stereocenters. The highest BCUT2D eigenvalue weighted by Crippen LogP contribution is 2.14. The van der Waals surface area contributed by atoms with Crippen LogP contribution in [0.4, 0.5) is 0 Å². The van der Waals surface area contributed by atoms with Gasteiger partial charge in [0.1, 0.15) is 6.10 Å². The van der Waals surface area contributed by atoms with Crippen LogP contribution in [0, 0.1) is 13.8 Å². The summed E-state index contributed by atoms with van der Waals surface area (Å²) in [5.41, 5.74) is 3.54. The van der Waals surface area contributed by atoms with Gasteiger partial charge in [0.15, 0.2) is 0 Å². The molecule has 1 aliphatic rings. The molecule has 1 aromatic rings. The van der Waals surface area contributed by atoms with Crippen LogP contribution in [0.25, 0.3) is 0 Å². The van der Waals surface area contributed by atoms with Gasteiger partial charge >= 0.3 is 0 Å². The zero-order valence-electron chi connectivity index (χ0n) is 15.2. The Morgan fingerprint density at radius 2 is 1.88 bits per heavy atom. The van der Waals surface area contributed by atoms with Crippen LogP contribution in [-0.4, -0.2) is 54.0 Å². The van der Waals surface area contributed by atoms with E-state index < -0.39 is 6.10 Å². The minimum absolute atomic E-state index is 0.00329. The van der Waals surface area contributed by atoms with Gasteiger partial charge in [0.2, 0.25) is 5.91 Å². The molecular formula is C19H28N2O3. The van der Waals surface area contributed by atoms with Crippen molar-refractivity contribution in [2.75, 3.05) is 26.2 Å². The van der Waals surface area contributed by atoms with Gasteiger partial charge in [0, 0.05) is 26.2 Å². The minimum atomic E-state index is -0.483. The highest BCUT2D eigenvalue weighted by molar-refractivity contribution is 5.87. The van der Waals surface area contributed by atoms with Gasteiger partial charge in [-0.15, -0.1) is 0 Å². The van der Waals surface area contributed by atoms with Gasteiger partial charge in [-0.2, -0.15) is 0 Å². The maximum atomic E-state index is 12.4. The quantitative estimate of drug-likeness (QED) is 0.803. The summed E-state index contributed by atoms with van der Waals surface area (Å²) < 4.78 is 5.47. The Hall–Kier alpha value is -1.88. The first-order valence-corrected chi connectivity index (χ1v) is 8.66. The molecule has 1 aromatic carbocycles. The molecule has 0 unspecified atom stereocenters. The third-order valence-corrected chi connectivity index (χ3v) is 4.20. The van der Waals surface area contributed by atoms with Crippen LogP contribution in [0.2, 0.25) is 0 Å². The maximum absolute atomic E-state index is 12.4. The first-order chi connectivity index (χ1) is 11.4. The van der Waals surface area contributed by atoms with Crippen LogP contribution in [0.5, 0.6) is 0 Å². The Kier molecular flexibility index (Phi) is 6.37. The average Bonchev–Trinajstić information content (AvgIpc) is 2.52. The molecule has 24 heavy (non-hydrogen) atoms. The molecule has 1 saturated heterocycles. The van der Waals surface area contributed by atoms with Gasteiger partial charge in [0.25, 0.3) is 5.91 Å². The lowest BCUT2D eigenvalue weighted by atomic mass is 10.1. The van der Waals surface area contributed by atoms with Gasteiger partial charge in [0.05, 0.1) is 6.54 Å². The molecule has 5 nitrogen and oxygen atoms in total. The second-order valence-electron chi connectivity index (χ2n) is 6.58. The third-order valence-electron chi connectivity index (χ3n) is 4.20. The smallest absolute Gasteiger partial charge is 0.251 e. The fourth-order valence-corrected chi connectivity index (χ4v) is 3.07. The molecule has 0 spiro atoms. The molecular weight excluding hydrogens is 304 g/mol. The minimum Gasteiger partial charge on any atom is -0.369 e. The average molecular weight is 332 g/mol. The zero-order chi connectivity index (χ0) is 17.7. The van der Waals surface area contributed by atoms with E-state index in [4.69, 9.17) is 4.74 Å². The van der Waals surface area contributed by atoms with E-state index in [9.17, 15) is 9.59 Å². The molecule has 0 aliphatic carbocycles. The summed E-state index contributed by atoms with van der Waals surface area (Å²) in [5.74, 6) is -0.0979. The van der Waals surface area contributed by atoms with Crippen molar-refractivity contribution < 1.29 is 14.3 Å².